The molecule has 0 aliphatic rings. The summed E-state index contributed by atoms with van der Waals surface area (Å²) in [6.45, 7) is 6.80. The van der Waals surface area contributed by atoms with Gasteiger partial charge in [-0.3, -0.25) is 4.57 Å². The lowest BCUT2D eigenvalue weighted by Crippen LogP contribution is -2.04. The molecule has 7 nitrogen and oxygen atoms in total. The van der Waals surface area contributed by atoms with Crippen molar-refractivity contribution in [3.05, 3.63) is 72.7 Å². The molecule has 2 aromatic heterocycles. The van der Waals surface area contributed by atoms with Crippen LogP contribution in [0.5, 0.6) is 0 Å². The first-order chi connectivity index (χ1) is 13.2. The fraction of sp³-hybridized carbons (Fsp3) is 0.150. The van der Waals surface area contributed by atoms with Crippen LogP contribution in [0.3, 0.4) is 0 Å². The topological polar surface area (TPSA) is 108 Å². The van der Waals surface area contributed by atoms with Crippen molar-refractivity contribution in [1.29, 1.82) is 0 Å². The van der Waals surface area contributed by atoms with E-state index in [1.807, 2.05) is 47.9 Å². The number of benzene rings is 1. The molecule has 0 fully saturated rings. The summed E-state index contributed by atoms with van der Waals surface area (Å²) in [4.78, 5) is 13.3. The Kier molecular flexibility index (Phi) is 5.75. The smallest absolute Gasteiger partial charge is 0.229 e. The van der Waals surface area contributed by atoms with Crippen molar-refractivity contribution in [3.8, 4) is 0 Å². The molecule has 0 aliphatic heterocycles. The SMILES string of the molecule is C=C/C(=C\C(=C/C)CN)n1cnc2cnc(Nc3ccc(CN)cc3)nc21. The van der Waals surface area contributed by atoms with E-state index in [1.165, 1.54) is 0 Å². The molecule has 0 amide bonds. The molecule has 3 aromatic rings. The molecule has 0 radical (unpaired) electrons. The van der Waals surface area contributed by atoms with Crippen molar-refractivity contribution in [1.82, 2.24) is 19.5 Å². The first kappa shape index (κ1) is 18.5. The van der Waals surface area contributed by atoms with E-state index in [9.17, 15) is 0 Å². The second-order valence-corrected chi connectivity index (χ2v) is 5.88. The third-order valence-corrected chi connectivity index (χ3v) is 4.16. The van der Waals surface area contributed by atoms with Crippen LogP contribution < -0.4 is 16.8 Å². The lowest BCUT2D eigenvalue weighted by atomic mass is 10.2. The minimum Gasteiger partial charge on any atom is -0.327 e. The standard InChI is InChI=1S/C20H23N7/c1-3-14(10-21)9-17(4-2)27-13-24-18-12-23-20(26-19(18)27)25-16-7-5-15(11-22)6-8-16/h3-9,12-13H,2,10-11,21-22H2,1H3,(H,23,25,26)/b14-3+,17-9+. The molecule has 5 N–H and O–H groups in total. The lowest BCUT2D eigenvalue weighted by Gasteiger charge is -2.08. The highest BCUT2D eigenvalue weighted by molar-refractivity contribution is 5.78. The Morgan fingerprint density at radius 2 is 2.00 bits per heavy atom. The molecule has 138 valence electrons. The number of imidazole rings is 1. The molecular formula is C20H23N7. The number of nitrogens with one attached hydrogen (secondary N) is 1. The highest BCUT2D eigenvalue weighted by Crippen LogP contribution is 2.20. The van der Waals surface area contributed by atoms with Crippen molar-refractivity contribution in [3.63, 3.8) is 0 Å². The van der Waals surface area contributed by atoms with E-state index in [-0.39, 0.29) is 0 Å². The fourth-order valence-electron chi connectivity index (χ4n) is 2.59. The number of nitrogens with zero attached hydrogens (tertiary/aromatic N) is 4. The third kappa shape index (κ3) is 4.11. The summed E-state index contributed by atoms with van der Waals surface area (Å²) in [5.74, 6) is 0.484. The lowest BCUT2D eigenvalue weighted by molar-refractivity contribution is 1.07. The highest BCUT2D eigenvalue weighted by Gasteiger charge is 2.09. The minimum atomic E-state index is 0.445. The number of aromatic nitrogens is 4. The molecule has 2 heterocycles. The molecule has 0 saturated heterocycles. The van der Waals surface area contributed by atoms with E-state index in [2.05, 4.69) is 26.8 Å². The van der Waals surface area contributed by atoms with Crippen LogP contribution in [0, 0.1) is 0 Å². The van der Waals surface area contributed by atoms with Crippen molar-refractivity contribution < 1.29 is 0 Å². The van der Waals surface area contributed by atoms with E-state index in [4.69, 9.17) is 11.5 Å². The molecule has 3 rings (SSSR count). The second kappa shape index (κ2) is 8.39. The number of hydrogen-bond donors (Lipinski definition) is 3. The van der Waals surface area contributed by atoms with Crippen LogP contribution in [-0.4, -0.2) is 26.1 Å². The summed E-state index contributed by atoms with van der Waals surface area (Å²) in [6, 6.07) is 7.83. The van der Waals surface area contributed by atoms with Crippen molar-refractivity contribution in [2.75, 3.05) is 11.9 Å². The van der Waals surface area contributed by atoms with Gasteiger partial charge in [-0.05, 0) is 42.3 Å². The molecule has 0 unspecified atom stereocenters. The van der Waals surface area contributed by atoms with Gasteiger partial charge in [-0.2, -0.15) is 4.98 Å². The molecule has 0 atom stereocenters. The van der Waals surface area contributed by atoms with Crippen LogP contribution in [0.2, 0.25) is 0 Å². The van der Waals surface area contributed by atoms with Gasteiger partial charge in [0.1, 0.15) is 11.8 Å². The normalized spacial score (nSPS) is 12.4. The number of allylic oxidation sites excluding steroid dienone is 3. The molecule has 0 bridgehead atoms. The monoisotopic (exact) mass is 361 g/mol. The van der Waals surface area contributed by atoms with Gasteiger partial charge < -0.3 is 16.8 Å². The van der Waals surface area contributed by atoms with E-state index in [0.717, 1.165) is 22.5 Å². The Labute approximate surface area is 158 Å². The Bertz CT molecular complexity index is 997. The highest BCUT2D eigenvalue weighted by atomic mass is 15.2. The number of anilines is 2. The number of nitrogens with two attached hydrogens (primary N) is 2. The minimum absolute atomic E-state index is 0.445. The van der Waals surface area contributed by atoms with Crippen LogP contribution >= 0.6 is 0 Å². The third-order valence-electron chi connectivity index (χ3n) is 4.16. The summed E-state index contributed by atoms with van der Waals surface area (Å²) >= 11 is 0. The number of fused-ring (bicyclic) bond motifs is 1. The quantitative estimate of drug-likeness (QED) is 0.558. The summed E-state index contributed by atoms with van der Waals surface area (Å²) in [6.07, 6.45) is 9.08. The van der Waals surface area contributed by atoms with Gasteiger partial charge >= 0.3 is 0 Å². The summed E-state index contributed by atoms with van der Waals surface area (Å²) in [5.41, 5.74) is 16.6. The van der Waals surface area contributed by atoms with Gasteiger partial charge in [-0.1, -0.05) is 24.8 Å². The maximum absolute atomic E-state index is 5.77. The first-order valence-electron chi connectivity index (χ1n) is 8.64. The predicted molar refractivity (Wildman–Crippen MR) is 110 cm³/mol. The first-order valence-corrected chi connectivity index (χ1v) is 8.64. The Morgan fingerprint density at radius 3 is 2.63 bits per heavy atom. The number of rotatable bonds is 7. The van der Waals surface area contributed by atoms with Crippen LogP contribution in [0.15, 0.2) is 67.2 Å². The Morgan fingerprint density at radius 1 is 1.22 bits per heavy atom. The van der Waals surface area contributed by atoms with Crippen LogP contribution in [0.1, 0.15) is 12.5 Å². The molecule has 7 heteroatoms. The Hall–Kier alpha value is -3.29. The van der Waals surface area contributed by atoms with Crippen molar-refractivity contribution >= 4 is 28.5 Å². The van der Waals surface area contributed by atoms with Crippen LogP contribution in [0.4, 0.5) is 11.6 Å². The average Bonchev–Trinajstić information content (AvgIpc) is 3.13. The van der Waals surface area contributed by atoms with Crippen molar-refractivity contribution in [2.24, 2.45) is 11.5 Å². The maximum Gasteiger partial charge on any atom is 0.229 e. The van der Waals surface area contributed by atoms with Gasteiger partial charge in [0.05, 0.1) is 6.20 Å². The largest absolute Gasteiger partial charge is 0.327 e. The van der Waals surface area contributed by atoms with Gasteiger partial charge in [0.25, 0.3) is 0 Å². The maximum atomic E-state index is 5.77. The van der Waals surface area contributed by atoms with Crippen LogP contribution in [0.25, 0.3) is 16.9 Å². The zero-order valence-corrected chi connectivity index (χ0v) is 15.3. The molecule has 0 spiro atoms. The molecular weight excluding hydrogens is 338 g/mol. The van der Waals surface area contributed by atoms with Gasteiger partial charge in [-0.25, -0.2) is 9.97 Å². The number of hydrogen-bond acceptors (Lipinski definition) is 6. The summed E-state index contributed by atoms with van der Waals surface area (Å²) in [7, 11) is 0. The zero-order valence-electron chi connectivity index (χ0n) is 15.3. The van der Waals surface area contributed by atoms with Crippen LogP contribution in [-0.2, 0) is 6.54 Å². The molecule has 1 aromatic carbocycles. The van der Waals surface area contributed by atoms with E-state index >= 15 is 0 Å². The average molecular weight is 361 g/mol. The van der Waals surface area contributed by atoms with E-state index < -0.39 is 0 Å². The fourth-order valence-corrected chi connectivity index (χ4v) is 2.59. The van der Waals surface area contributed by atoms with Gasteiger partial charge in [0.15, 0.2) is 5.65 Å². The van der Waals surface area contributed by atoms with Gasteiger partial charge in [0, 0.05) is 24.5 Å². The summed E-state index contributed by atoms with van der Waals surface area (Å²) in [5, 5.41) is 3.20. The Balaban J connectivity index is 1.96. The summed E-state index contributed by atoms with van der Waals surface area (Å²) < 4.78 is 1.87. The van der Waals surface area contributed by atoms with Gasteiger partial charge in [-0.15, -0.1) is 0 Å². The molecule has 0 aliphatic carbocycles. The van der Waals surface area contributed by atoms with Crippen molar-refractivity contribution in [2.45, 2.75) is 13.5 Å². The van der Waals surface area contributed by atoms with E-state index in [1.54, 1.807) is 18.6 Å². The second-order valence-electron chi connectivity index (χ2n) is 5.88. The predicted octanol–water partition coefficient (Wildman–Crippen LogP) is 2.96. The van der Waals surface area contributed by atoms with Gasteiger partial charge in [0.2, 0.25) is 5.95 Å². The zero-order chi connectivity index (χ0) is 19.2. The molecule has 0 saturated carbocycles. The molecule has 27 heavy (non-hydrogen) atoms. The van der Waals surface area contributed by atoms with E-state index in [0.29, 0.717) is 30.2 Å².